The summed E-state index contributed by atoms with van der Waals surface area (Å²) < 4.78 is 11.1. The van der Waals surface area contributed by atoms with Crippen LogP contribution in [0.5, 0.6) is 11.5 Å². The Labute approximate surface area is 128 Å². The van der Waals surface area contributed by atoms with Crippen LogP contribution in [0.1, 0.15) is 18.2 Å². The molecule has 2 aromatic rings. The molecule has 5 heteroatoms. The van der Waals surface area contributed by atoms with Gasteiger partial charge in [0.2, 0.25) is 0 Å². The number of carboxylic acids is 1. The number of hydrogen-bond acceptors (Lipinski definition) is 4. The molecule has 0 aliphatic rings. The average molecular weight is 299 g/mol. The summed E-state index contributed by atoms with van der Waals surface area (Å²) >= 11 is 0. The van der Waals surface area contributed by atoms with Crippen LogP contribution in [0, 0.1) is 0 Å². The predicted octanol–water partition coefficient (Wildman–Crippen LogP) is 3.16. The molecule has 0 radical (unpaired) electrons. The Morgan fingerprint density at radius 3 is 2.82 bits per heavy atom. The first-order chi connectivity index (χ1) is 10.7. The summed E-state index contributed by atoms with van der Waals surface area (Å²) in [4.78, 5) is 14.9. The van der Waals surface area contributed by atoms with Crippen LogP contribution in [0.2, 0.25) is 0 Å². The fourth-order valence-electron chi connectivity index (χ4n) is 1.84. The highest BCUT2D eigenvalue weighted by Gasteiger charge is 2.05. The highest BCUT2D eigenvalue weighted by Crippen LogP contribution is 2.26. The van der Waals surface area contributed by atoms with Gasteiger partial charge in [-0.3, -0.25) is 4.98 Å². The zero-order valence-corrected chi connectivity index (χ0v) is 12.2. The van der Waals surface area contributed by atoms with Crippen molar-refractivity contribution in [1.29, 1.82) is 0 Å². The number of carboxylic acid groups (broad SMARTS) is 1. The van der Waals surface area contributed by atoms with Gasteiger partial charge in [-0.25, -0.2) is 4.79 Å². The maximum absolute atomic E-state index is 10.7. The third kappa shape index (κ3) is 4.63. The molecule has 0 saturated carbocycles. The van der Waals surface area contributed by atoms with Gasteiger partial charge in [-0.1, -0.05) is 6.07 Å². The number of aromatic nitrogens is 1. The van der Waals surface area contributed by atoms with Gasteiger partial charge in [0.1, 0.15) is 18.1 Å². The summed E-state index contributed by atoms with van der Waals surface area (Å²) in [6, 6.07) is 10.9. The molecular weight excluding hydrogens is 282 g/mol. The number of nitrogens with zero attached hydrogens (tertiary/aromatic N) is 1. The van der Waals surface area contributed by atoms with Crippen molar-refractivity contribution in [3.63, 3.8) is 0 Å². The van der Waals surface area contributed by atoms with Crippen molar-refractivity contribution >= 4 is 12.0 Å². The summed E-state index contributed by atoms with van der Waals surface area (Å²) in [5.41, 5.74) is 1.44. The van der Waals surface area contributed by atoms with Gasteiger partial charge in [0.05, 0.1) is 12.3 Å². The van der Waals surface area contributed by atoms with Gasteiger partial charge < -0.3 is 14.6 Å². The standard InChI is InChI=1S/C17H17NO4/c1-2-21-15-7-8-16(13(11-15)6-9-17(19)20)22-12-14-5-3-4-10-18-14/h3-11H,2,12H2,1H3,(H,19,20). The maximum atomic E-state index is 10.7. The van der Waals surface area contributed by atoms with Gasteiger partial charge >= 0.3 is 5.97 Å². The van der Waals surface area contributed by atoms with Gasteiger partial charge in [-0.15, -0.1) is 0 Å². The minimum absolute atomic E-state index is 0.308. The lowest BCUT2D eigenvalue weighted by Crippen LogP contribution is -2.00. The van der Waals surface area contributed by atoms with Gasteiger partial charge in [0, 0.05) is 17.8 Å². The van der Waals surface area contributed by atoms with E-state index in [2.05, 4.69) is 4.98 Å². The molecule has 1 N–H and O–H groups in total. The Hall–Kier alpha value is -2.82. The van der Waals surface area contributed by atoms with Crippen LogP contribution in [-0.2, 0) is 11.4 Å². The summed E-state index contributed by atoms with van der Waals surface area (Å²) in [6.07, 6.45) is 4.25. The fraction of sp³-hybridized carbons (Fsp3) is 0.176. The number of carbonyl (C=O) groups is 1. The van der Waals surface area contributed by atoms with Crippen molar-refractivity contribution in [1.82, 2.24) is 4.98 Å². The summed E-state index contributed by atoms with van der Waals surface area (Å²) in [5, 5.41) is 8.78. The van der Waals surface area contributed by atoms with Gasteiger partial charge in [-0.2, -0.15) is 0 Å². The summed E-state index contributed by atoms with van der Waals surface area (Å²) in [5.74, 6) is 0.224. The molecule has 5 nitrogen and oxygen atoms in total. The Bertz CT molecular complexity index is 653. The molecule has 1 aromatic heterocycles. The second kappa shape index (κ2) is 7.83. The van der Waals surface area contributed by atoms with Crippen molar-refractivity contribution < 1.29 is 19.4 Å². The zero-order chi connectivity index (χ0) is 15.8. The van der Waals surface area contributed by atoms with Crippen molar-refractivity contribution in [2.75, 3.05) is 6.61 Å². The highest BCUT2D eigenvalue weighted by molar-refractivity contribution is 5.86. The molecule has 0 spiro atoms. The Kier molecular flexibility index (Phi) is 5.54. The third-order valence-electron chi connectivity index (χ3n) is 2.80. The molecule has 0 atom stereocenters. The molecule has 2 rings (SSSR count). The lowest BCUT2D eigenvalue weighted by atomic mass is 10.1. The summed E-state index contributed by atoms with van der Waals surface area (Å²) in [7, 11) is 0. The Morgan fingerprint density at radius 1 is 1.27 bits per heavy atom. The first-order valence-corrected chi connectivity index (χ1v) is 6.89. The van der Waals surface area contributed by atoms with Crippen LogP contribution in [0.4, 0.5) is 0 Å². The van der Waals surface area contributed by atoms with E-state index in [-0.39, 0.29) is 0 Å². The molecule has 0 bridgehead atoms. The third-order valence-corrected chi connectivity index (χ3v) is 2.80. The molecule has 0 unspecified atom stereocenters. The largest absolute Gasteiger partial charge is 0.494 e. The lowest BCUT2D eigenvalue weighted by molar-refractivity contribution is -0.131. The molecule has 1 heterocycles. The van der Waals surface area contributed by atoms with Crippen molar-refractivity contribution in [2.24, 2.45) is 0 Å². The molecule has 1 aromatic carbocycles. The number of pyridine rings is 1. The van der Waals surface area contributed by atoms with Crippen LogP contribution in [0.15, 0.2) is 48.7 Å². The first kappa shape index (κ1) is 15.6. The van der Waals surface area contributed by atoms with Crippen LogP contribution in [-0.4, -0.2) is 22.7 Å². The van der Waals surface area contributed by atoms with Gasteiger partial charge in [0.15, 0.2) is 0 Å². The molecule has 0 amide bonds. The van der Waals surface area contributed by atoms with E-state index in [0.717, 1.165) is 11.8 Å². The molecule has 22 heavy (non-hydrogen) atoms. The first-order valence-electron chi connectivity index (χ1n) is 6.89. The van der Waals surface area contributed by atoms with Gasteiger partial charge in [0.25, 0.3) is 0 Å². The van der Waals surface area contributed by atoms with Crippen molar-refractivity contribution in [3.8, 4) is 11.5 Å². The van der Waals surface area contributed by atoms with Crippen molar-refractivity contribution in [3.05, 3.63) is 59.9 Å². The quantitative estimate of drug-likeness (QED) is 0.795. The average Bonchev–Trinajstić information content (AvgIpc) is 2.53. The van der Waals surface area contributed by atoms with Crippen LogP contribution >= 0.6 is 0 Å². The van der Waals surface area contributed by atoms with E-state index in [9.17, 15) is 4.79 Å². The molecule has 114 valence electrons. The molecule has 0 aliphatic heterocycles. The molecular formula is C17H17NO4. The number of benzene rings is 1. The number of aliphatic carboxylic acids is 1. The van der Waals surface area contributed by atoms with E-state index in [1.165, 1.54) is 6.08 Å². The van der Waals surface area contributed by atoms with Crippen LogP contribution in [0.3, 0.4) is 0 Å². The second-order valence-electron chi connectivity index (χ2n) is 4.41. The zero-order valence-electron chi connectivity index (χ0n) is 12.2. The van der Waals surface area contributed by atoms with E-state index < -0.39 is 5.97 Å². The number of rotatable bonds is 7. The van der Waals surface area contributed by atoms with E-state index in [0.29, 0.717) is 30.3 Å². The topological polar surface area (TPSA) is 68.7 Å². The van der Waals surface area contributed by atoms with E-state index in [4.69, 9.17) is 14.6 Å². The fourth-order valence-corrected chi connectivity index (χ4v) is 1.84. The number of hydrogen-bond donors (Lipinski definition) is 1. The summed E-state index contributed by atoms with van der Waals surface area (Å²) in [6.45, 7) is 2.73. The lowest BCUT2D eigenvalue weighted by Gasteiger charge is -2.11. The normalized spacial score (nSPS) is 10.6. The smallest absolute Gasteiger partial charge is 0.328 e. The van der Waals surface area contributed by atoms with E-state index >= 15 is 0 Å². The molecule has 0 aliphatic carbocycles. The molecule has 0 fully saturated rings. The Balaban J connectivity index is 2.19. The minimum Gasteiger partial charge on any atom is -0.494 e. The van der Waals surface area contributed by atoms with Crippen molar-refractivity contribution in [2.45, 2.75) is 13.5 Å². The van der Waals surface area contributed by atoms with Gasteiger partial charge in [-0.05, 0) is 43.3 Å². The maximum Gasteiger partial charge on any atom is 0.328 e. The van der Waals surface area contributed by atoms with E-state index in [1.54, 1.807) is 24.4 Å². The second-order valence-corrected chi connectivity index (χ2v) is 4.41. The van der Waals surface area contributed by atoms with E-state index in [1.807, 2.05) is 25.1 Å². The predicted molar refractivity (Wildman–Crippen MR) is 82.8 cm³/mol. The number of ether oxygens (including phenoxy) is 2. The monoisotopic (exact) mass is 299 g/mol. The SMILES string of the molecule is CCOc1ccc(OCc2ccccn2)c(C=CC(=O)O)c1. The highest BCUT2D eigenvalue weighted by atomic mass is 16.5. The Morgan fingerprint density at radius 2 is 2.14 bits per heavy atom. The van der Waals surface area contributed by atoms with Crippen LogP contribution in [0.25, 0.3) is 6.08 Å². The molecule has 0 saturated heterocycles. The minimum atomic E-state index is -1.02. The van der Waals surface area contributed by atoms with Crippen LogP contribution < -0.4 is 9.47 Å².